The Kier molecular flexibility index (Phi) is 3.92. The highest BCUT2D eigenvalue weighted by molar-refractivity contribution is 6.28. The van der Waals surface area contributed by atoms with Crippen LogP contribution in [0.3, 0.4) is 0 Å². The van der Waals surface area contributed by atoms with E-state index in [9.17, 15) is 0 Å². The summed E-state index contributed by atoms with van der Waals surface area (Å²) in [5.41, 5.74) is 0.0572. The molecule has 1 aliphatic heterocycles. The molecule has 21 heavy (non-hydrogen) atoms. The van der Waals surface area contributed by atoms with Crippen LogP contribution in [0.4, 0.5) is 11.9 Å². The summed E-state index contributed by atoms with van der Waals surface area (Å²) in [6.45, 7) is 6.35. The van der Waals surface area contributed by atoms with Crippen LogP contribution in [0.15, 0.2) is 0 Å². The van der Waals surface area contributed by atoms with Crippen molar-refractivity contribution in [1.82, 2.24) is 15.0 Å². The second-order valence-corrected chi connectivity index (χ2v) is 6.74. The van der Waals surface area contributed by atoms with Crippen molar-refractivity contribution in [3.05, 3.63) is 5.28 Å². The van der Waals surface area contributed by atoms with Crippen molar-refractivity contribution in [2.75, 3.05) is 30.4 Å². The van der Waals surface area contributed by atoms with E-state index in [0.717, 1.165) is 19.5 Å². The van der Waals surface area contributed by atoms with Gasteiger partial charge in [-0.25, -0.2) is 0 Å². The van der Waals surface area contributed by atoms with Crippen molar-refractivity contribution in [3.8, 4) is 0 Å². The fourth-order valence-electron chi connectivity index (χ4n) is 3.15. The van der Waals surface area contributed by atoms with Gasteiger partial charge in [0.1, 0.15) is 0 Å². The fourth-order valence-corrected chi connectivity index (χ4v) is 3.30. The van der Waals surface area contributed by atoms with Crippen molar-refractivity contribution >= 4 is 23.5 Å². The number of hydrogen-bond acceptors (Lipinski definition) is 6. The summed E-state index contributed by atoms with van der Waals surface area (Å²) in [5.74, 6) is 1.24. The maximum atomic E-state index is 6.05. The monoisotopic (exact) mass is 311 g/mol. The molecular formula is C14H22ClN5O. The first kappa shape index (κ1) is 14.8. The van der Waals surface area contributed by atoms with Gasteiger partial charge in [-0.15, -0.1) is 0 Å². The first-order valence-electron chi connectivity index (χ1n) is 7.46. The molecule has 0 amide bonds. The van der Waals surface area contributed by atoms with Crippen LogP contribution < -0.4 is 10.2 Å². The normalized spacial score (nSPS) is 27.5. The molecule has 7 heteroatoms. The van der Waals surface area contributed by atoms with Gasteiger partial charge in [-0.2, -0.15) is 15.0 Å². The van der Waals surface area contributed by atoms with Gasteiger partial charge in [-0.05, 0) is 30.9 Å². The van der Waals surface area contributed by atoms with Crippen molar-refractivity contribution in [3.63, 3.8) is 0 Å². The van der Waals surface area contributed by atoms with Crippen molar-refractivity contribution < 1.29 is 4.74 Å². The lowest BCUT2D eigenvalue weighted by Gasteiger charge is -2.51. The summed E-state index contributed by atoms with van der Waals surface area (Å²) >= 11 is 6.05. The Balaban J connectivity index is 1.74. The number of aromatic nitrogens is 3. The van der Waals surface area contributed by atoms with E-state index >= 15 is 0 Å². The van der Waals surface area contributed by atoms with E-state index in [1.165, 1.54) is 12.8 Å². The molecule has 6 nitrogen and oxygen atoms in total. The second kappa shape index (κ2) is 5.57. The molecule has 1 aliphatic carbocycles. The van der Waals surface area contributed by atoms with Crippen LogP contribution in [-0.4, -0.2) is 47.3 Å². The highest BCUT2D eigenvalue weighted by atomic mass is 35.5. The Morgan fingerprint density at radius 3 is 2.57 bits per heavy atom. The summed E-state index contributed by atoms with van der Waals surface area (Å²) in [7, 11) is 1.76. The zero-order valence-electron chi connectivity index (χ0n) is 12.8. The molecule has 0 aromatic carbocycles. The number of hydrogen-bond donors (Lipinski definition) is 1. The van der Waals surface area contributed by atoms with Gasteiger partial charge in [0.05, 0.1) is 6.10 Å². The lowest BCUT2D eigenvalue weighted by atomic mass is 9.64. The molecule has 2 fully saturated rings. The molecule has 1 aromatic heterocycles. The van der Waals surface area contributed by atoms with E-state index in [1.54, 1.807) is 7.11 Å². The predicted molar refractivity (Wildman–Crippen MR) is 82.9 cm³/mol. The van der Waals surface area contributed by atoms with Crippen molar-refractivity contribution in [2.45, 2.75) is 45.3 Å². The Morgan fingerprint density at radius 1 is 1.24 bits per heavy atom. The van der Waals surface area contributed by atoms with E-state index in [0.29, 0.717) is 11.9 Å². The number of rotatable bonds is 4. The molecule has 0 spiro atoms. The number of nitrogens with one attached hydrogen (secondary N) is 1. The van der Waals surface area contributed by atoms with Gasteiger partial charge in [0.25, 0.3) is 0 Å². The molecule has 116 valence electrons. The second-order valence-electron chi connectivity index (χ2n) is 6.40. The maximum Gasteiger partial charge on any atom is 0.231 e. The van der Waals surface area contributed by atoms with Crippen LogP contribution in [0.2, 0.25) is 5.28 Å². The van der Waals surface area contributed by atoms with Gasteiger partial charge < -0.3 is 15.0 Å². The average Bonchev–Trinajstić information content (AvgIpc) is 2.96. The lowest BCUT2D eigenvalue weighted by molar-refractivity contribution is -0.0796. The summed E-state index contributed by atoms with van der Waals surface area (Å²) in [5, 5.41) is 3.63. The van der Waals surface area contributed by atoms with E-state index in [2.05, 4.69) is 39.0 Å². The molecule has 1 saturated carbocycles. The highest BCUT2D eigenvalue weighted by Gasteiger charge is 2.49. The molecule has 2 atom stereocenters. The quantitative estimate of drug-likeness (QED) is 0.921. The molecular weight excluding hydrogens is 290 g/mol. The molecule has 3 rings (SSSR count). The van der Waals surface area contributed by atoms with Crippen LogP contribution in [0, 0.1) is 5.41 Å². The zero-order chi connectivity index (χ0) is 15.0. The SMILES string of the molecule is COC1CC(Nc2nc(Cl)nc(N3CCCC3)n2)C1(C)C. The third kappa shape index (κ3) is 2.79. The minimum atomic E-state index is 0.0572. The predicted octanol–water partition coefficient (Wildman–Crippen LogP) is 2.35. The molecule has 2 heterocycles. The smallest absolute Gasteiger partial charge is 0.231 e. The lowest BCUT2D eigenvalue weighted by Crippen LogP contribution is -2.57. The minimum Gasteiger partial charge on any atom is -0.381 e. The molecule has 1 N–H and O–H groups in total. The first-order chi connectivity index (χ1) is 10.0. The number of anilines is 2. The zero-order valence-corrected chi connectivity index (χ0v) is 13.5. The van der Waals surface area contributed by atoms with Gasteiger partial charge in [-0.3, -0.25) is 0 Å². The number of nitrogens with zero attached hydrogens (tertiary/aromatic N) is 4. The molecule has 2 aliphatic rings. The van der Waals surface area contributed by atoms with Crippen LogP contribution in [0.1, 0.15) is 33.1 Å². The average molecular weight is 312 g/mol. The largest absolute Gasteiger partial charge is 0.381 e. The Bertz CT molecular complexity index is 518. The summed E-state index contributed by atoms with van der Waals surface area (Å²) in [6, 6.07) is 0.285. The van der Waals surface area contributed by atoms with E-state index < -0.39 is 0 Å². The Morgan fingerprint density at radius 2 is 1.95 bits per heavy atom. The topological polar surface area (TPSA) is 63.2 Å². The van der Waals surface area contributed by atoms with E-state index in [-0.39, 0.29) is 22.8 Å². The molecule has 1 saturated heterocycles. The first-order valence-corrected chi connectivity index (χ1v) is 7.84. The van der Waals surface area contributed by atoms with Gasteiger partial charge in [0.15, 0.2) is 0 Å². The van der Waals surface area contributed by atoms with Gasteiger partial charge >= 0.3 is 0 Å². The Hall–Kier alpha value is -1.14. The fraction of sp³-hybridized carbons (Fsp3) is 0.786. The standard InChI is InChI=1S/C14H22ClN5O/c1-14(2)9(8-10(14)21-3)16-12-17-11(15)18-13(19-12)20-6-4-5-7-20/h9-10H,4-8H2,1-3H3,(H,16,17,18,19). The minimum absolute atomic E-state index is 0.0572. The highest BCUT2D eigenvalue weighted by Crippen LogP contribution is 2.43. The van der Waals surface area contributed by atoms with Crippen LogP contribution in [-0.2, 0) is 4.74 Å². The van der Waals surface area contributed by atoms with E-state index in [1.807, 2.05) is 0 Å². The number of methoxy groups -OCH3 is 1. The summed E-state index contributed by atoms with van der Waals surface area (Å²) < 4.78 is 5.47. The maximum absolute atomic E-state index is 6.05. The van der Waals surface area contributed by atoms with E-state index in [4.69, 9.17) is 16.3 Å². The Labute approximate surface area is 130 Å². The molecule has 2 unspecified atom stereocenters. The van der Waals surface area contributed by atoms with Crippen molar-refractivity contribution in [2.24, 2.45) is 5.41 Å². The van der Waals surface area contributed by atoms with Crippen LogP contribution in [0.5, 0.6) is 0 Å². The van der Waals surface area contributed by atoms with Crippen LogP contribution >= 0.6 is 11.6 Å². The third-order valence-corrected chi connectivity index (χ3v) is 4.92. The van der Waals surface area contributed by atoms with Gasteiger partial charge in [0, 0.05) is 31.7 Å². The summed E-state index contributed by atoms with van der Waals surface area (Å²) in [4.78, 5) is 15.1. The number of halogens is 1. The molecule has 1 aromatic rings. The summed E-state index contributed by atoms with van der Waals surface area (Å²) in [6.07, 6.45) is 3.57. The van der Waals surface area contributed by atoms with Gasteiger partial charge in [0.2, 0.25) is 17.2 Å². The van der Waals surface area contributed by atoms with Crippen LogP contribution in [0.25, 0.3) is 0 Å². The molecule has 0 radical (unpaired) electrons. The van der Waals surface area contributed by atoms with Crippen molar-refractivity contribution in [1.29, 1.82) is 0 Å². The van der Waals surface area contributed by atoms with Gasteiger partial charge in [-0.1, -0.05) is 13.8 Å². The molecule has 0 bridgehead atoms. The third-order valence-electron chi connectivity index (χ3n) is 4.75. The number of ether oxygens (including phenoxy) is 1.